The van der Waals surface area contributed by atoms with Gasteiger partial charge in [0.15, 0.2) is 0 Å². The van der Waals surface area contributed by atoms with E-state index in [-0.39, 0.29) is 29.9 Å². The topological polar surface area (TPSA) is 40.3 Å². The molecule has 0 saturated carbocycles. The summed E-state index contributed by atoms with van der Waals surface area (Å²) in [6, 6.07) is 9.93. The van der Waals surface area contributed by atoms with Crippen LogP contribution >= 0.6 is 0 Å². The summed E-state index contributed by atoms with van der Waals surface area (Å²) in [6.07, 6.45) is 0.792. The molecule has 0 spiro atoms. The molecule has 2 aromatic carbocycles. The minimum atomic E-state index is -0.632. The van der Waals surface area contributed by atoms with E-state index in [1.807, 2.05) is 31.2 Å². The molecule has 7 heteroatoms. The summed E-state index contributed by atoms with van der Waals surface area (Å²) in [5.41, 5.74) is 2.88. The highest BCUT2D eigenvalue weighted by atomic mass is 19.1. The van der Waals surface area contributed by atoms with E-state index >= 15 is 8.78 Å². The lowest BCUT2D eigenvalue weighted by atomic mass is 9.90. The molecule has 1 unspecified atom stereocenters. The molecule has 2 aliphatic heterocycles. The van der Waals surface area contributed by atoms with Crippen LogP contribution < -0.4 is 10.1 Å². The fourth-order valence-corrected chi connectivity index (χ4v) is 4.82. The quantitative estimate of drug-likeness (QED) is 0.612. The molecule has 1 aromatic heterocycles. The maximum absolute atomic E-state index is 15.1. The predicted octanol–water partition coefficient (Wildman–Crippen LogP) is 4.35. The van der Waals surface area contributed by atoms with Crippen molar-refractivity contribution in [1.82, 2.24) is 15.2 Å². The van der Waals surface area contributed by atoms with E-state index in [1.165, 1.54) is 12.1 Å². The van der Waals surface area contributed by atoms with Gasteiger partial charge in [-0.25, -0.2) is 8.78 Å². The zero-order valence-corrected chi connectivity index (χ0v) is 17.4. The summed E-state index contributed by atoms with van der Waals surface area (Å²) < 4.78 is 48.3. The van der Waals surface area contributed by atoms with Gasteiger partial charge in [-0.05, 0) is 25.0 Å². The van der Waals surface area contributed by atoms with Crippen molar-refractivity contribution in [2.24, 2.45) is 5.92 Å². The summed E-state index contributed by atoms with van der Waals surface area (Å²) in [4.78, 5) is 5.43. The van der Waals surface area contributed by atoms with Crippen molar-refractivity contribution in [2.45, 2.75) is 25.4 Å². The van der Waals surface area contributed by atoms with Crippen LogP contribution in [0.5, 0.6) is 5.75 Å². The third-order valence-corrected chi connectivity index (χ3v) is 6.37. The van der Waals surface area contributed by atoms with Gasteiger partial charge in [0, 0.05) is 65.9 Å². The second kappa shape index (κ2) is 8.20. The van der Waals surface area contributed by atoms with Gasteiger partial charge in [0.2, 0.25) is 0 Å². The lowest BCUT2D eigenvalue weighted by Crippen LogP contribution is -2.49. The van der Waals surface area contributed by atoms with Crippen LogP contribution in [0.1, 0.15) is 29.8 Å². The predicted molar refractivity (Wildman–Crippen MR) is 114 cm³/mol. The Bertz CT molecular complexity index is 1070. The molecule has 0 radical (unpaired) electrons. The molecular weight excluding hydrogens is 403 g/mol. The van der Waals surface area contributed by atoms with Crippen LogP contribution in [0.25, 0.3) is 10.9 Å². The minimum Gasteiger partial charge on any atom is -0.492 e. The van der Waals surface area contributed by atoms with Crippen molar-refractivity contribution in [2.75, 3.05) is 32.9 Å². The second-order valence-corrected chi connectivity index (χ2v) is 8.70. The minimum absolute atomic E-state index is 0.000219. The van der Waals surface area contributed by atoms with Crippen LogP contribution in [0.3, 0.4) is 0 Å². The highest BCUT2D eigenvalue weighted by Gasteiger charge is 2.32. The molecule has 164 valence electrons. The molecule has 2 atom stereocenters. The molecule has 31 heavy (non-hydrogen) atoms. The molecule has 3 heterocycles. The number of alkyl halides is 1. The van der Waals surface area contributed by atoms with E-state index in [9.17, 15) is 4.39 Å². The highest BCUT2D eigenvalue weighted by molar-refractivity contribution is 5.85. The summed E-state index contributed by atoms with van der Waals surface area (Å²) in [6.45, 7) is 4.05. The number of nitrogens with one attached hydrogen (secondary N) is 2. The first kappa shape index (κ1) is 20.4. The first-order valence-corrected chi connectivity index (χ1v) is 10.8. The fraction of sp³-hybridized carbons (Fsp3) is 0.417. The first-order chi connectivity index (χ1) is 15.0. The van der Waals surface area contributed by atoms with Crippen LogP contribution in [0.15, 0.2) is 36.4 Å². The Morgan fingerprint density at radius 3 is 2.61 bits per heavy atom. The maximum Gasteiger partial charge on any atom is 0.135 e. The Balaban J connectivity index is 1.37. The van der Waals surface area contributed by atoms with Crippen molar-refractivity contribution in [3.05, 3.63) is 64.9 Å². The number of hydrogen-bond acceptors (Lipinski definition) is 3. The van der Waals surface area contributed by atoms with Gasteiger partial charge in [-0.1, -0.05) is 18.2 Å². The molecule has 2 aliphatic rings. The number of aromatic nitrogens is 1. The summed E-state index contributed by atoms with van der Waals surface area (Å²) in [5.74, 6) is -0.989. The number of likely N-dealkylation sites (tertiary alicyclic amines) is 1. The van der Waals surface area contributed by atoms with Crippen molar-refractivity contribution >= 4 is 10.9 Å². The number of fused-ring (bicyclic) bond motifs is 3. The largest absolute Gasteiger partial charge is 0.492 e. The molecule has 5 rings (SSSR count). The third-order valence-electron chi connectivity index (χ3n) is 6.37. The smallest absolute Gasteiger partial charge is 0.135 e. The number of ether oxygens (including phenoxy) is 1. The standard InChI is InChI=1S/C24H26F3N3O/c1-14-8-18-17-4-2-3-5-21(17)29-23(18)24(28-14)22-19(26)9-16(10-20(22)27)31-7-6-30-12-15(11-25)13-30/h2-5,9-10,14-15,24,28-29H,6-8,11-13H2,1H3/t14-,24?/m1/s1. The maximum atomic E-state index is 15.1. The molecule has 3 aromatic rings. The summed E-state index contributed by atoms with van der Waals surface area (Å²) in [5, 5.41) is 4.44. The monoisotopic (exact) mass is 429 g/mol. The van der Waals surface area contributed by atoms with E-state index in [0.29, 0.717) is 26.2 Å². The molecule has 0 amide bonds. The normalized spacial score (nSPS) is 21.8. The van der Waals surface area contributed by atoms with Crippen molar-refractivity contribution in [3.63, 3.8) is 0 Å². The molecule has 4 nitrogen and oxygen atoms in total. The summed E-state index contributed by atoms with van der Waals surface area (Å²) in [7, 11) is 0. The molecule has 0 bridgehead atoms. The number of nitrogens with zero attached hydrogens (tertiary/aromatic N) is 1. The van der Waals surface area contributed by atoms with Gasteiger partial charge >= 0.3 is 0 Å². The van der Waals surface area contributed by atoms with Crippen LogP contribution in [0.4, 0.5) is 13.2 Å². The lowest BCUT2D eigenvalue weighted by molar-refractivity contribution is 0.0667. The van der Waals surface area contributed by atoms with Gasteiger partial charge in [0.05, 0.1) is 12.7 Å². The van der Waals surface area contributed by atoms with E-state index in [1.54, 1.807) is 0 Å². The van der Waals surface area contributed by atoms with Gasteiger partial charge in [0.25, 0.3) is 0 Å². The number of para-hydroxylation sites is 1. The Labute approximate surface area is 179 Å². The number of halogens is 3. The van der Waals surface area contributed by atoms with Gasteiger partial charge in [-0.2, -0.15) is 0 Å². The zero-order valence-electron chi connectivity index (χ0n) is 17.4. The second-order valence-electron chi connectivity index (χ2n) is 8.70. The van der Waals surface area contributed by atoms with Crippen LogP contribution in [-0.2, 0) is 6.42 Å². The molecule has 1 fully saturated rings. The van der Waals surface area contributed by atoms with Crippen molar-refractivity contribution in [1.29, 1.82) is 0 Å². The average Bonchev–Trinajstić information content (AvgIpc) is 3.08. The van der Waals surface area contributed by atoms with Crippen LogP contribution in [0.2, 0.25) is 0 Å². The van der Waals surface area contributed by atoms with E-state index in [4.69, 9.17) is 4.74 Å². The molecule has 0 aliphatic carbocycles. The lowest BCUT2D eigenvalue weighted by Gasteiger charge is -2.37. The van der Waals surface area contributed by atoms with E-state index in [0.717, 1.165) is 28.6 Å². The average molecular weight is 429 g/mol. The van der Waals surface area contributed by atoms with Crippen molar-refractivity contribution < 1.29 is 17.9 Å². The zero-order chi connectivity index (χ0) is 21.5. The Kier molecular flexibility index (Phi) is 5.40. The van der Waals surface area contributed by atoms with Gasteiger partial charge in [-0.3, -0.25) is 9.29 Å². The van der Waals surface area contributed by atoms with Crippen molar-refractivity contribution in [3.8, 4) is 5.75 Å². The molecular formula is C24H26F3N3O. The van der Waals surface area contributed by atoms with Gasteiger partial charge in [-0.15, -0.1) is 0 Å². The fourth-order valence-electron chi connectivity index (χ4n) is 4.82. The van der Waals surface area contributed by atoms with E-state index in [2.05, 4.69) is 15.2 Å². The number of rotatable bonds is 6. The third kappa shape index (κ3) is 3.81. The van der Waals surface area contributed by atoms with Crippen LogP contribution in [-0.4, -0.2) is 48.8 Å². The SMILES string of the molecule is C[C@@H]1Cc2c([nH]c3ccccc23)C(c2c(F)cc(OCCN3CC(CF)C3)cc2F)N1. The Hall–Kier alpha value is -2.51. The van der Waals surface area contributed by atoms with Gasteiger partial charge in [0.1, 0.15) is 24.0 Å². The number of aromatic amines is 1. The van der Waals surface area contributed by atoms with Gasteiger partial charge < -0.3 is 15.0 Å². The Morgan fingerprint density at radius 2 is 1.87 bits per heavy atom. The molecule has 1 saturated heterocycles. The number of benzene rings is 2. The summed E-state index contributed by atoms with van der Waals surface area (Å²) >= 11 is 0. The first-order valence-electron chi connectivity index (χ1n) is 10.8. The molecule has 2 N–H and O–H groups in total. The van der Waals surface area contributed by atoms with E-state index < -0.39 is 17.7 Å². The number of hydrogen-bond donors (Lipinski definition) is 2. The highest BCUT2D eigenvalue weighted by Crippen LogP contribution is 2.37. The Morgan fingerprint density at radius 1 is 1.13 bits per heavy atom. The van der Waals surface area contributed by atoms with Crippen LogP contribution in [0, 0.1) is 17.6 Å². The number of H-pyrrole nitrogens is 1.